The van der Waals surface area contributed by atoms with Crippen LogP contribution >= 0.6 is 0 Å². The van der Waals surface area contributed by atoms with Gasteiger partial charge in [-0.05, 0) is 37.3 Å². The van der Waals surface area contributed by atoms with Crippen LogP contribution in [-0.4, -0.2) is 22.6 Å². The molecule has 0 bridgehead atoms. The molecule has 1 aliphatic carbocycles. The van der Waals surface area contributed by atoms with E-state index in [1.165, 1.54) is 43.4 Å². The second kappa shape index (κ2) is 5.95. The molecule has 4 nitrogen and oxygen atoms in total. The quantitative estimate of drug-likeness (QED) is 0.931. The number of nitrogens with one attached hydrogen (secondary N) is 1. The Labute approximate surface area is 131 Å². The van der Waals surface area contributed by atoms with Gasteiger partial charge in [0.05, 0.1) is 0 Å². The summed E-state index contributed by atoms with van der Waals surface area (Å²) in [7, 11) is 0. The minimum Gasteiger partial charge on any atom is -0.367 e. The first-order valence-electron chi connectivity index (χ1n) is 8.34. The van der Waals surface area contributed by atoms with Gasteiger partial charge in [0.1, 0.15) is 18.0 Å². The normalized spacial score (nSPS) is 18.3. The summed E-state index contributed by atoms with van der Waals surface area (Å²) in [5.74, 6) is 1.96. The average molecular weight is 294 g/mol. The Bertz CT molecular complexity index is 649. The molecule has 0 radical (unpaired) electrons. The first-order valence-corrected chi connectivity index (χ1v) is 8.34. The van der Waals surface area contributed by atoms with Gasteiger partial charge in [0.2, 0.25) is 0 Å². The Morgan fingerprint density at radius 2 is 1.91 bits per heavy atom. The second-order valence-electron chi connectivity index (χ2n) is 6.27. The number of nitrogens with zero attached hydrogens (tertiary/aromatic N) is 3. The fraction of sp³-hybridized carbons (Fsp3) is 0.444. The summed E-state index contributed by atoms with van der Waals surface area (Å²) in [6.07, 6.45) is 9.18. The molecule has 1 N–H and O–H groups in total. The fourth-order valence-corrected chi connectivity index (χ4v) is 3.62. The topological polar surface area (TPSA) is 41.0 Å². The van der Waals surface area contributed by atoms with E-state index < -0.39 is 0 Å². The molecule has 22 heavy (non-hydrogen) atoms. The van der Waals surface area contributed by atoms with E-state index in [1.54, 1.807) is 6.33 Å². The van der Waals surface area contributed by atoms with Crippen LogP contribution in [0.2, 0.25) is 0 Å². The number of benzene rings is 1. The Morgan fingerprint density at radius 1 is 1.05 bits per heavy atom. The highest BCUT2D eigenvalue weighted by Gasteiger charge is 2.20. The molecule has 4 rings (SSSR count). The molecule has 0 saturated heterocycles. The van der Waals surface area contributed by atoms with Crippen molar-refractivity contribution in [2.45, 2.75) is 44.6 Å². The Kier molecular flexibility index (Phi) is 3.67. The van der Waals surface area contributed by atoms with Gasteiger partial charge in [-0.1, -0.05) is 31.0 Å². The van der Waals surface area contributed by atoms with Crippen molar-refractivity contribution in [3.8, 4) is 0 Å². The van der Waals surface area contributed by atoms with E-state index >= 15 is 0 Å². The number of fused-ring (bicyclic) bond motifs is 1. The minimum atomic E-state index is 0.580. The van der Waals surface area contributed by atoms with Crippen LogP contribution in [0, 0.1) is 0 Å². The van der Waals surface area contributed by atoms with Crippen molar-refractivity contribution in [3.05, 3.63) is 42.2 Å². The van der Waals surface area contributed by atoms with Gasteiger partial charge in [-0.15, -0.1) is 0 Å². The molecule has 4 heteroatoms. The highest BCUT2D eigenvalue weighted by molar-refractivity contribution is 5.66. The fourth-order valence-electron chi connectivity index (χ4n) is 3.62. The Balaban J connectivity index is 1.60. The Morgan fingerprint density at radius 3 is 2.82 bits per heavy atom. The van der Waals surface area contributed by atoms with Crippen molar-refractivity contribution in [1.29, 1.82) is 0 Å². The van der Waals surface area contributed by atoms with Crippen LogP contribution in [0.1, 0.15) is 37.7 Å². The molecule has 0 amide bonds. The van der Waals surface area contributed by atoms with Crippen molar-refractivity contribution >= 4 is 17.3 Å². The summed E-state index contributed by atoms with van der Waals surface area (Å²) in [6, 6.07) is 11.3. The van der Waals surface area contributed by atoms with E-state index in [4.69, 9.17) is 0 Å². The van der Waals surface area contributed by atoms with Crippen LogP contribution in [0.3, 0.4) is 0 Å². The van der Waals surface area contributed by atoms with Crippen LogP contribution in [0.25, 0.3) is 0 Å². The molecule has 2 heterocycles. The summed E-state index contributed by atoms with van der Waals surface area (Å²) < 4.78 is 0. The van der Waals surface area contributed by atoms with Crippen LogP contribution in [-0.2, 0) is 6.42 Å². The van der Waals surface area contributed by atoms with Crippen molar-refractivity contribution < 1.29 is 0 Å². The lowest BCUT2D eigenvalue weighted by molar-refractivity contribution is 0.745. The van der Waals surface area contributed by atoms with Crippen molar-refractivity contribution in [2.75, 3.05) is 16.8 Å². The zero-order valence-electron chi connectivity index (χ0n) is 12.8. The molecule has 0 spiro atoms. The molecular weight excluding hydrogens is 272 g/mol. The van der Waals surface area contributed by atoms with Crippen molar-refractivity contribution in [2.24, 2.45) is 0 Å². The zero-order chi connectivity index (χ0) is 14.8. The predicted octanol–water partition coefficient (Wildman–Crippen LogP) is 3.92. The third kappa shape index (κ3) is 2.65. The third-order valence-corrected chi connectivity index (χ3v) is 4.75. The standard InChI is InChI=1S/C18H22N4/c1-4-10-16-14(6-1)7-5-11-22(16)18-12-17(19-13-20-18)21-15-8-2-3-9-15/h1,4,6,10,12-13,15H,2-3,5,7-9,11H2,(H,19,20,21). The maximum Gasteiger partial charge on any atom is 0.138 e. The van der Waals surface area contributed by atoms with E-state index in [0.29, 0.717) is 6.04 Å². The maximum atomic E-state index is 4.51. The van der Waals surface area contributed by atoms with Gasteiger partial charge in [-0.25, -0.2) is 9.97 Å². The van der Waals surface area contributed by atoms with Crippen LogP contribution < -0.4 is 10.2 Å². The van der Waals surface area contributed by atoms with E-state index in [2.05, 4.69) is 50.5 Å². The van der Waals surface area contributed by atoms with Crippen LogP contribution in [0.15, 0.2) is 36.7 Å². The van der Waals surface area contributed by atoms with Crippen LogP contribution in [0.5, 0.6) is 0 Å². The number of hydrogen-bond acceptors (Lipinski definition) is 4. The smallest absolute Gasteiger partial charge is 0.138 e. The number of para-hydroxylation sites is 1. The molecule has 1 aromatic carbocycles. The van der Waals surface area contributed by atoms with Gasteiger partial charge in [-0.3, -0.25) is 0 Å². The largest absolute Gasteiger partial charge is 0.367 e. The second-order valence-corrected chi connectivity index (χ2v) is 6.27. The molecule has 0 atom stereocenters. The number of aromatic nitrogens is 2. The molecule has 2 aliphatic rings. The molecule has 1 aliphatic heterocycles. The number of aryl methyl sites for hydroxylation is 1. The van der Waals surface area contributed by atoms with E-state index in [9.17, 15) is 0 Å². The molecule has 114 valence electrons. The minimum absolute atomic E-state index is 0.580. The van der Waals surface area contributed by atoms with Crippen LogP contribution in [0.4, 0.5) is 17.3 Å². The zero-order valence-corrected chi connectivity index (χ0v) is 12.8. The molecule has 1 fully saturated rings. The Hall–Kier alpha value is -2.10. The first-order chi connectivity index (χ1) is 10.9. The third-order valence-electron chi connectivity index (χ3n) is 4.75. The SMILES string of the molecule is c1ccc2c(c1)CCCN2c1cc(NC2CCCC2)ncn1. The van der Waals surface area contributed by atoms with Crippen molar-refractivity contribution in [3.63, 3.8) is 0 Å². The van der Waals surface area contributed by atoms with Gasteiger partial charge in [0.15, 0.2) is 0 Å². The number of hydrogen-bond donors (Lipinski definition) is 1. The summed E-state index contributed by atoms with van der Waals surface area (Å²) in [5, 5.41) is 3.57. The first kappa shape index (κ1) is 13.6. The molecule has 1 saturated carbocycles. The highest BCUT2D eigenvalue weighted by atomic mass is 15.2. The lowest BCUT2D eigenvalue weighted by Gasteiger charge is -2.30. The summed E-state index contributed by atoms with van der Waals surface area (Å²) in [5.41, 5.74) is 2.71. The molecular formula is C18H22N4. The molecule has 2 aromatic rings. The summed E-state index contributed by atoms with van der Waals surface area (Å²) in [4.78, 5) is 11.2. The lowest BCUT2D eigenvalue weighted by Crippen LogP contribution is -2.25. The predicted molar refractivity (Wildman–Crippen MR) is 89.7 cm³/mol. The summed E-state index contributed by atoms with van der Waals surface area (Å²) in [6.45, 7) is 1.02. The monoisotopic (exact) mass is 294 g/mol. The maximum absolute atomic E-state index is 4.51. The van der Waals surface area contributed by atoms with E-state index in [1.807, 2.05) is 0 Å². The van der Waals surface area contributed by atoms with E-state index in [0.717, 1.165) is 24.6 Å². The van der Waals surface area contributed by atoms with Gasteiger partial charge >= 0.3 is 0 Å². The van der Waals surface area contributed by atoms with Gasteiger partial charge in [0.25, 0.3) is 0 Å². The van der Waals surface area contributed by atoms with Crippen molar-refractivity contribution in [1.82, 2.24) is 9.97 Å². The molecule has 0 unspecified atom stereocenters. The number of anilines is 3. The summed E-state index contributed by atoms with van der Waals surface area (Å²) >= 11 is 0. The van der Waals surface area contributed by atoms with Gasteiger partial charge in [-0.2, -0.15) is 0 Å². The van der Waals surface area contributed by atoms with Gasteiger partial charge in [0, 0.05) is 24.3 Å². The lowest BCUT2D eigenvalue weighted by atomic mass is 10.0. The van der Waals surface area contributed by atoms with Gasteiger partial charge < -0.3 is 10.2 Å². The number of rotatable bonds is 3. The van der Waals surface area contributed by atoms with E-state index in [-0.39, 0.29) is 0 Å². The molecule has 1 aromatic heterocycles. The highest BCUT2D eigenvalue weighted by Crippen LogP contribution is 2.33. The average Bonchev–Trinajstić information content (AvgIpc) is 3.07.